The number of urea groups is 1. The minimum atomic E-state index is -0.552. The van der Waals surface area contributed by atoms with E-state index in [4.69, 9.17) is 4.74 Å². The van der Waals surface area contributed by atoms with Crippen LogP contribution < -0.4 is 10.1 Å². The average Bonchev–Trinajstić information content (AvgIpc) is 3.14. The van der Waals surface area contributed by atoms with Crippen LogP contribution in [0.2, 0.25) is 0 Å². The summed E-state index contributed by atoms with van der Waals surface area (Å²) in [6.07, 6.45) is 1.27. The lowest BCUT2D eigenvalue weighted by Crippen LogP contribution is -2.54. The Balaban J connectivity index is 1.43. The van der Waals surface area contributed by atoms with Crippen molar-refractivity contribution in [2.45, 2.75) is 31.8 Å². The van der Waals surface area contributed by atoms with Crippen molar-refractivity contribution in [3.8, 4) is 11.5 Å². The Bertz CT molecular complexity index is 966. The first-order chi connectivity index (χ1) is 14.5. The van der Waals surface area contributed by atoms with Crippen molar-refractivity contribution in [2.24, 2.45) is 0 Å². The second-order valence-corrected chi connectivity index (χ2v) is 7.43. The van der Waals surface area contributed by atoms with Gasteiger partial charge in [-0.3, -0.25) is 14.5 Å². The molecule has 2 aromatic carbocycles. The number of imide groups is 1. The first-order valence-electron chi connectivity index (χ1n) is 9.89. The van der Waals surface area contributed by atoms with Crippen molar-refractivity contribution >= 4 is 17.8 Å². The fourth-order valence-corrected chi connectivity index (χ4v) is 3.66. The Hall–Kier alpha value is -3.42. The molecule has 156 valence electrons. The molecule has 0 aliphatic carbocycles. The highest BCUT2D eigenvalue weighted by Crippen LogP contribution is 2.25. The summed E-state index contributed by atoms with van der Waals surface area (Å²) in [5.74, 6) is -0.00441. The Morgan fingerprint density at radius 3 is 2.53 bits per heavy atom. The molecule has 0 unspecified atom stereocenters. The Morgan fingerprint density at radius 2 is 1.83 bits per heavy atom. The van der Waals surface area contributed by atoms with Crippen LogP contribution in [0.3, 0.4) is 0 Å². The van der Waals surface area contributed by atoms with Crippen molar-refractivity contribution in [2.75, 3.05) is 13.1 Å². The molecule has 4 amide bonds. The van der Waals surface area contributed by atoms with Gasteiger partial charge in [0.05, 0.1) is 6.54 Å². The molecule has 2 aliphatic rings. The van der Waals surface area contributed by atoms with Gasteiger partial charge in [-0.25, -0.2) is 9.18 Å². The number of amides is 4. The summed E-state index contributed by atoms with van der Waals surface area (Å²) in [7, 11) is 0. The summed E-state index contributed by atoms with van der Waals surface area (Å²) in [6.45, 7) is 0.496. The van der Waals surface area contributed by atoms with Gasteiger partial charge in [-0.1, -0.05) is 24.3 Å². The van der Waals surface area contributed by atoms with E-state index in [9.17, 15) is 18.8 Å². The van der Waals surface area contributed by atoms with Gasteiger partial charge in [0, 0.05) is 43.6 Å². The average molecular weight is 411 g/mol. The first kappa shape index (κ1) is 19.9. The number of ether oxygens (including phenoxy) is 1. The second kappa shape index (κ2) is 8.52. The molecule has 0 aromatic heterocycles. The zero-order chi connectivity index (χ0) is 21.1. The van der Waals surface area contributed by atoms with Gasteiger partial charge in [-0.15, -0.1) is 0 Å². The molecule has 2 aliphatic heterocycles. The number of halogens is 1. The molecule has 4 rings (SSSR count). The number of benzene rings is 2. The van der Waals surface area contributed by atoms with E-state index < -0.39 is 11.8 Å². The minimum Gasteiger partial charge on any atom is -0.457 e. The zero-order valence-electron chi connectivity index (χ0n) is 16.3. The number of hydrogen-bond donors (Lipinski definition) is 1. The predicted octanol–water partition coefficient (Wildman–Crippen LogP) is 3.05. The summed E-state index contributed by atoms with van der Waals surface area (Å²) < 4.78 is 20.3. The number of hydrogen-bond acceptors (Lipinski definition) is 4. The first-order valence-corrected chi connectivity index (χ1v) is 9.89. The third-order valence-electron chi connectivity index (χ3n) is 5.26. The number of nitrogens with one attached hydrogen (secondary N) is 1. The highest BCUT2D eigenvalue weighted by molar-refractivity contribution is 5.96. The van der Waals surface area contributed by atoms with E-state index in [1.54, 1.807) is 23.1 Å². The molecule has 7 nitrogen and oxygen atoms in total. The van der Waals surface area contributed by atoms with E-state index >= 15 is 0 Å². The fraction of sp³-hybridized carbons (Fsp3) is 0.318. The summed E-state index contributed by atoms with van der Waals surface area (Å²) >= 11 is 0. The summed E-state index contributed by atoms with van der Waals surface area (Å²) in [5.41, 5.74) is 0.230. The maximum absolute atomic E-state index is 14.6. The summed E-state index contributed by atoms with van der Waals surface area (Å²) in [6, 6.07) is 12.8. The largest absolute Gasteiger partial charge is 0.457 e. The third-order valence-corrected chi connectivity index (χ3v) is 5.26. The molecule has 0 radical (unpaired) electrons. The number of rotatable bonds is 6. The fourth-order valence-electron chi connectivity index (χ4n) is 3.66. The van der Waals surface area contributed by atoms with Gasteiger partial charge in [-0.05, 0) is 24.6 Å². The Kier molecular flexibility index (Phi) is 5.65. The SMILES string of the molecule is O=C1CC[C@H](CN2CCC(=O)N(Cc3ccc(Oc4ccccc4)cc3F)C2=O)N1. The van der Waals surface area contributed by atoms with Gasteiger partial charge in [0.25, 0.3) is 0 Å². The summed E-state index contributed by atoms with van der Waals surface area (Å²) in [4.78, 5) is 39.1. The molecule has 8 heteroatoms. The monoisotopic (exact) mass is 411 g/mol. The van der Waals surface area contributed by atoms with Crippen LogP contribution in [-0.2, 0) is 16.1 Å². The van der Waals surface area contributed by atoms with Crippen LogP contribution in [0, 0.1) is 5.82 Å². The van der Waals surface area contributed by atoms with Gasteiger partial charge >= 0.3 is 6.03 Å². The van der Waals surface area contributed by atoms with Gasteiger partial charge in [0.2, 0.25) is 11.8 Å². The van der Waals surface area contributed by atoms with Gasteiger partial charge in [0.15, 0.2) is 0 Å². The highest BCUT2D eigenvalue weighted by atomic mass is 19.1. The van der Waals surface area contributed by atoms with Crippen LogP contribution in [-0.4, -0.2) is 46.8 Å². The topological polar surface area (TPSA) is 79.0 Å². The van der Waals surface area contributed by atoms with Crippen molar-refractivity contribution < 1.29 is 23.5 Å². The van der Waals surface area contributed by atoms with Gasteiger partial charge in [0.1, 0.15) is 17.3 Å². The molecular weight excluding hydrogens is 389 g/mol. The van der Waals surface area contributed by atoms with Gasteiger partial charge in [-0.2, -0.15) is 0 Å². The normalized spacial score (nSPS) is 19.2. The standard InChI is InChI=1S/C22H22FN3O4/c23-19-12-18(30-17-4-2-1-3-5-17)8-6-15(19)13-26-21(28)10-11-25(22(26)29)14-16-7-9-20(27)24-16/h1-6,8,12,16H,7,9-11,13-14H2,(H,24,27)/t16-/m1/s1. The molecule has 1 atom stereocenters. The molecule has 0 saturated carbocycles. The lowest BCUT2D eigenvalue weighted by molar-refractivity contribution is -0.131. The molecule has 1 N–H and O–H groups in total. The Morgan fingerprint density at radius 1 is 1.03 bits per heavy atom. The molecule has 2 fully saturated rings. The highest BCUT2D eigenvalue weighted by Gasteiger charge is 2.34. The second-order valence-electron chi connectivity index (χ2n) is 7.43. The molecule has 30 heavy (non-hydrogen) atoms. The van der Waals surface area contributed by atoms with Crippen LogP contribution in [0.1, 0.15) is 24.8 Å². The van der Waals surface area contributed by atoms with Crippen LogP contribution in [0.5, 0.6) is 11.5 Å². The summed E-state index contributed by atoms with van der Waals surface area (Å²) in [5, 5.41) is 2.82. The van der Waals surface area contributed by atoms with Crippen molar-refractivity contribution in [1.29, 1.82) is 0 Å². The third kappa shape index (κ3) is 4.42. The molecule has 0 bridgehead atoms. The molecule has 2 heterocycles. The van der Waals surface area contributed by atoms with Crippen molar-refractivity contribution in [3.63, 3.8) is 0 Å². The minimum absolute atomic E-state index is 0.0303. The van der Waals surface area contributed by atoms with Gasteiger partial charge < -0.3 is 15.0 Å². The van der Waals surface area contributed by atoms with Crippen LogP contribution in [0.25, 0.3) is 0 Å². The maximum Gasteiger partial charge on any atom is 0.327 e. The van der Waals surface area contributed by atoms with Crippen LogP contribution in [0.4, 0.5) is 9.18 Å². The smallest absolute Gasteiger partial charge is 0.327 e. The lowest BCUT2D eigenvalue weighted by atomic mass is 10.1. The van der Waals surface area contributed by atoms with E-state index in [0.717, 1.165) is 4.90 Å². The van der Waals surface area contributed by atoms with E-state index in [1.807, 2.05) is 18.2 Å². The number of nitrogens with zero attached hydrogens (tertiary/aromatic N) is 2. The predicted molar refractivity (Wildman–Crippen MR) is 106 cm³/mol. The van der Waals surface area contributed by atoms with Crippen molar-refractivity contribution in [3.05, 3.63) is 59.9 Å². The molecule has 2 aromatic rings. The van der Waals surface area contributed by atoms with Crippen molar-refractivity contribution in [1.82, 2.24) is 15.1 Å². The van der Waals surface area contributed by atoms with Crippen LogP contribution >= 0.6 is 0 Å². The molecule has 2 saturated heterocycles. The molecular formula is C22H22FN3O4. The maximum atomic E-state index is 14.6. The van der Waals surface area contributed by atoms with E-state index in [1.165, 1.54) is 12.1 Å². The number of carbonyl (C=O) groups excluding carboxylic acids is 3. The van der Waals surface area contributed by atoms with Crippen LogP contribution in [0.15, 0.2) is 48.5 Å². The number of para-hydroxylation sites is 1. The molecule has 0 spiro atoms. The lowest BCUT2D eigenvalue weighted by Gasteiger charge is -2.35. The van der Waals surface area contributed by atoms with E-state index in [-0.39, 0.29) is 36.4 Å². The quantitative estimate of drug-likeness (QED) is 0.793. The van der Waals surface area contributed by atoms with E-state index in [0.29, 0.717) is 37.4 Å². The zero-order valence-corrected chi connectivity index (χ0v) is 16.3. The number of carbonyl (C=O) groups is 3. The van der Waals surface area contributed by atoms with E-state index in [2.05, 4.69) is 5.32 Å². The Labute approximate surface area is 173 Å².